The van der Waals surface area contributed by atoms with Crippen LogP contribution >= 0.6 is 11.8 Å². The van der Waals surface area contributed by atoms with E-state index in [-0.39, 0.29) is 17.3 Å². The fourth-order valence-corrected chi connectivity index (χ4v) is 6.37. The van der Waals surface area contributed by atoms with E-state index in [1.54, 1.807) is 41.0 Å². The minimum absolute atomic E-state index is 0.0959. The molecule has 4 heterocycles. The number of amides is 2. The highest BCUT2D eigenvalue weighted by atomic mass is 32.2. The van der Waals surface area contributed by atoms with Crippen molar-refractivity contribution < 1.29 is 29.1 Å². The first-order valence-corrected chi connectivity index (χ1v) is 16.5. The number of anilines is 2. The Kier molecular flexibility index (Phi) is 10.1. The van der Waals surface area contributed by atoms with E-state index < -0.39 is 23.8 Å². The quantitative estimate of drug-likeness (QED) is 0.259. The van der Waals surface area contributed by atoms with Crippen LogP contribution in [0.25, 0.3) is 0 Å². The number of carbonyl (C=O) groups excluding carboxylic acids is 2. The lowest BCUT2D eigenvalue weighted by molar-refractivity contribution is 0.0447. The average molecular weight is 667 g/mol. The van der Waals surface area contributed by atoms with Crippen molar-refractivity contribution in [3.8, 4) is 0 Å². The minimum Gasteiger partial charge on any atom is -0.477 e. The van der Waals surface area contributed by atoms with Crippen molar-refractivity contribution in [1.29, 1.82) is 0 Å². The average Bonchev–Trinajstić information content (AvgIpc) is 3.42. The Morgan fingerprint density at radius 3 is 2.40 bits per heavy atom. The van der Waals surface area contributed by atoms with Crippen molar-refractivity contribution in [2.75, 3.05) is 36.6 Å². The maximum absolute atomic E-state index is 12.7. The second-order valence-electron chi connectivity index (χ2n) is 13.1. The van der Waals surface area contributed by atoms with Gasteiger partial charge in [-0.1, -0.05) is 17.8 Å². The third-order valence-electron chi connectivity index (χ3n) is 8.07. The highest BCUT2D eigenvalue weighted by molar-refractivity contribution is 7.99. The molecule has 3 aromatic rings. The Labute approximate surface area is 278 Å². The van der Waals surface area contributed by atoms with Crippen molar-refractivity contribution in [2.24, 2.45) is 0 Å². The molecule has 0 atom stereocenters. The van der Waals surface area contributed by atoms with Crippen molar-refractivity contribution in [3.63, 3.8) is 0 Å². The number of aromatic nitrogens is 4. The first-order valence-electron chi connectivity index (χ1n) is 15.6. The number of aromatic carboxylic acids is 1. The summed E-state index contributed by atoms with van der Waals surface area (Å²) in [7, 11) is 0. The van der Waals surface area contributed by atoms with Crippen LogP contribution < -0.4 is 15.7 Å². The lowest BCUT2D eigenvalue weighted by Gasteiger charge is -2.40. The van der Waals surface area contributed by atoms with Gasteiger partial charge in [0, 0.05) is 36.6 Å². The molecule has 1 aromatic carbocycles. The van der Waals surface area contributed by atoms with Crippen LogP contribution in [0.5, 0.6) is 0 Å². The van der Waals surface area contributed by atoms with Gasteiger partial charge in [-0.05, 0) is 84.6 Å². The maximum Gasteiger partial charge on any atom is 0.434 e. The Hall–Kier alpha value is -4.53. The summed E-state index contributed by atoms with van der Waals surface area (Å²) >= 11 is 1.44. The molecule has 2 aromatic heterocycles. The van der Waals surface area contributed by atoms with Gasteiger partial charge in [-0.2, -0.15) is 5.10 Å². The molecular weight excluding hydrogens is 624 g/mol. The Morgan fingerprint density at radius 1 is 1.04 bits per heavy atom. The molecule has 0 radical (unpaired) electrons. The van der Waals surface area contributed by atoms with E-state index in [1.165, 1.54) is 11.8 Å². The molecule has 5 rings (SSSR count). The zero-order chi connectivity index (χ0) is 33.8. The summed E-state index contributed by atoms with van der Waals surface area (Å²) in [6.45, 7) is 11.7. The summed E-state index contributed by atoms with van der Waals surface area (Å²) in [4.78, 5) is 55.8. The van der Waals surface area contributed by atoms with Gasteiger partial charge in [0.25, 0.3) is 0 Å². The van der Waals surface area contributed by atoms with Gasteiger partial charge in [0.05, 0.1) is 29.8 Å². The number of benzene rings is 1. The van der Waals surface area contributed by atoms with Crippen LogP contribution in [0.3, 0.4) is 0 Å². The van der Waals surface area contributed by atoms with Crippen LogP contribution in [0.4, 0.5) is 21.1 Å². The van der Waals surface area contributed by atoms with E-state index in [2.05, 4.69) is 30.8 Å². The molecule has 3 N–H and O–H groups in total. The van der Waals surface area contributed by atoms with Crippen LogP contribution in [0.2, 0.25) is 0 Å². The number of alkyl carbamates (subject to hydrolysis) is 1. The maximum atomic E-state index is 12.7. The molecule has 2 amide bonds. The fourth-order valence-electron chi connectivity index (χ4n) is 5.59. The van der Waals surface area contributed by atoms with Crippen LogP contribution in [-0.2, 0) is 9.57 Å². The lowest BCUT2D eigenvalue weighted by atomic mass is 9.90. The summed E-state index contributed by atoms with van der Waals surface area (Å²) in [5.41, 5.74) is 3.27. The second kappa shape index (κ2) is 14.1. The van der Waals surface area contributed by atoms with Crippen LogP contribution in [0.15, 0.2) is 52.6 Å². The van der Waals surface area contributed by atoms with Crippen molar-refractivity contribution >= 4 is 41.4 Å². The summed E-state index contributed by atoms with van der Waals surface area (Å²) in [6.07, 6.45) is 5.25. The van der Waals surface area contributed by atoms with Gasteiger partial charge >= 0.3 is 18.2 Å². The number of carboxylic acids is 1. The molecule has 0 spiro atoms. The molecule has 47 heavy (non-hydrogen) atoms. The van der Waals surface area contributed by atoms with Crippen molar-refractivity contribution in [2.45, 2.75) is 87.4 Å². The van der Waals surface area contributed by atoms with Gasteiger partial charge < -0.3 is 29.8 Å². The topological polar surface area (TPSA) is 164 Å². The normalized spacial score (nSPS) is 16.8. The first kappa shape index (κ1) is 33.8. The van der Waals surface area contributed by atoms with E-state index in [0.29, 0.717) is 37.3 Å². The molecule has 2 fully saturated rings. The molecule has 0 unspecified atom stereocenters. The van der Waals surface area contributed by atoms with E-state index in [0.717, 1.165) is 41.7 Å². The molecule has 0 saturated carbocycles. The fraction of sp³-hybridized carbons (Fsp3) is 0.500. The second-order valence-corrected chi connectivity index (χ2v) is 14.2. The molecule has 0 aliphatic carbocycles. The standard InChI is InChI=1S/C32H42N8O6S/c1-21-17-25(28(41)42)40(36-21)23-9-13-39(14-10-23)30(44)46-37-22-7-6-8-24(18-22)47-27-20-33-26(19-34-27)38-15-11-32(5,12-16-38)35-29(43)45-31(2,3)4/h6-8,17-20,23,37H,9-16H2,1-5H3,(H,35,43)(H,41,42). The Balaban J connectivity index is 1.07. The van der Waals surface area contributed by atoms with Gasteiger partial charge in [0.2, 0.25) is 0 Å². The number of nitrogens with zero attached hydrogens (tertiary/aromatic N) is 6. The number of carbonyl (C=O) groups is 3. The first-order chi connectivity index (χ1) is 22.3. The smallest absolute Gasteiger partial charge is 0.434 e. The number of piperidine rings is 2. The largest absolute Gasteiger partial charge is 0.477 e. The summed E-state index contributed by atoms with van der Waals surface area (Å²) in [6, 6.07) is 8.91. The van der Waals surface area contributed by atoms with Crippen LogP contribution in [0, 0.1) is 6.92 Å². The SMILES string of the molecule is Cc1cc(C(=O)O)n(C2CCN(C(=O)ONc3cccc(Sc4cnc(N5CCC(C)(NC(=O)OC(C)(C)C)CC5)cn4)c3)CC2)n1. The monoisotopic (exact) mass is 666 g/mol. The number of hydrogen-bond acceptors (Lipinski definition) is 11. The number of carboxylic acid groups (broad SMARTS) is 1. The minimum atomic E-state index is -1.02. The third-order valence-corrected chi connectivity index (χ3v) is 8.98. The number of aryl methyl sites for hydroxylation is 1. The summed E-state index contributed by atoms with van der Waals surface area (Å²) in [5.74, 6) is -0.236. The highest BCUT2D eigenvalue weighted by Crippen LogP contribution is 2.30. The molecule has 14 nitrogen and oxygen atoms in total. The van der Waals surface area contributed by atoms with Gasteiger partial charge in [-0.25, -0.2) is 29.8 Å². The number of nitrogens with one attached hydrogen (secondary N) is 2. The van der Waals surface area contributed by atoms with Gasteiger partial charge in [-0.3, -0.25) is 4.68 Å². The van der Waals surface area contributed by atoms with Gasteiger partial charge in [0.1, 0.15) is 22.1 Å². The molecule has 2 aliphatic rings. The van der Waals surface area contributed by atoms with E-state index >= 15 is 0 Å². The van der Waals surface area contributed by atoms with Gasteiger partial charge in [-0.15, -0.1) is 0 Å². The lowest BCUT2D eigenvalue weighted by Crippen LogP contribution is -2.54. The number of hydrogen-bond donors (Lipinski definition) is 3. The number of ether oxygens (including phenoxy) is 1. The van der Waals surface area contributed by atoms with Crippen LogP contribution in [-0.4, -0.2) is 85.2 Å². The summed E-state index contributed by atoms with van der Waals surface area (Å²) < 4.78 is 6.98. The molecule has 2 aliphatic heterocycles. The molecule has 0 bridgehead atoms. The number of rotatable bonds is 8. The highest BCUT2D eigenvalue weighted by Gasteiger charge is 2.34. The molecule has 15 heteroatoms. The zero-order valence-electron chi connectivity index (χ0n) is 27.4. The van der Waals surface area contributed by atoms with Crippen LogP contribution in [0.1, 0.15) is 75.6 Å². The van der Waals surface area contributed by atoms with Crippen molar-refractivity contribution in [1.82, 2.24) is 30.0 Å². The molecule has 2 saturated heterocycles. The predicted molar refractivity (Wildman–Crippen MR) is 176 cm³/mol. The van der Waals surface area contributed by atoms with E-state index in [9.17, 15) is 19.5 Å². The van der Waals surface area contributed by atoms with E-state index in [4.69, 9.17) is 9.57 Å². The third kappa shape index (κ3) is 9.05. The van der Waals surface area contributed by atoms with Gasteiger partial charge in [0.15, 0.2) is 0 Å². The molecule has 252 valence electrons. The van der Waals surface area contributed by atoms with Crippen molar-refractivity contribution in [3.05, 3.63) is 54.1 Å². The number of likely N-dealkylation sites (tertiary alicyclic amines) is 1. The predicted octanol–water partition coefficient (Wildman–Crippen LogP) is 5.52. The summed E-state index contributed by atoms with van der Waals surface area (Å²) in [5, 5.41) is 17.6. The van der Waals surface area contributed by atoms with E-state index in [1.807, 2.05) is 45.9 Å². The Bertz CT molecular complexity index is 1570. The zero-order valence-corrected chi connectivity index (χ0v) is 28.2. The Morgan fingerprint density at radius 2 is 1.77 bits per heavy atom. The molecular formula is C32H42N8O6S.